The Morgan fingerprint density at radius 2 is 2.25 bits per heavy atom. The van der Waals surface area contributed by atoms with Crippen LogP contribution in [-0.2, 0) is 11.3 Å². The highest BCUT2D eigenvalue weighted by Crippen LogP contribution is 2.23. The van der Waals surface area contributed by atoms with Gasteiger partial charge in [0.25, 0.3) is 0 Å². The average Bonchev–Trinajstić information content (AvgIpc) is 2.79. The number of rotatable bonds is 5. The van der Waals surface area contributed by atoms with Crippen LogP contribution in [0.4, 0.5) is 5.13 Å². The highest BCUT2D eigenvalue weighted by molar-refractivity contribution is 7.15. The van der Waals surface area contributed by atoms with Gasteiger partial charge >= 0.3 is 5.97 Å². The first-order valence-corrected chi connectivity index (χ1v) is 7.22. The Hall–Kier alpha value is -1.95. The molecule has 0 bridgehead atoms. The maximum atomic E-state index is 11.7. The lowest BCUT2D eigenvalue weighted by Crippen LogP contribution is -2.07. The number of esters is 1. The van der Waals surface area contributed by atoms with Crippen molar-refractivity contribution in [3.05, 3.63) is 40.2 Å². The summed E-state index contributed by atoms with van der Waals surface area (Å²) >= 11 is 1.44. The Morgan fingerprint density at radius 1 is 1.45 bits per heavy atom. The fourth-order valence-electron chi connectivity index (χ4n) is 1.72. The van der Waals surface area contributed by atoms with Gasteiger partial charge in [-0.15, -0.1) is 11.3 Å². The summed E-state index contributed by atoms with van der Waals surface area (Å²) in [4.78, 5) is 21.1. The van der Waals surface area contributed by atoms with Gasteiger partial charge in [0, 0.05) is 11.1 Å². The molecule has 5 nitrogen and oxygen atoms in total. The van der Waals surface area contributed by atoms with Gasteiger partial charge in [0.15, 0.2) is 10.8 Å². The molecule has 0 saturated heterocycles. The summed E-state index contributed by atoms with van der Waals surface area (Å²) in [5.74, 6) is -0.372. The van der Waals surface area contributed by atoms with E-state index < -0.39 is 0 Å². The van der Waals surface area contributed by atoms with Crippen LogP contribution in [0.25, 0.3) is 0 Å². The molecule has 20 heavy (non-hydrogen) atoms. The number of nitrogens with one attached hydrogen (secondary N) is 1. The normalized spacial score (nSPS) is 10.3. The molecule has 0 aliphatic rings. The molecule has 0 unspecified atom stereocenters. The minimum Gasteiger partial charge on any atom is -0.461 e. The summed E-state index contributed by atoms with van der Waals surface area (Å²) in [5, 5.41) is 3.90. The SMILES string of the molecule is CCOC(=O)c1nc(NCc2ncccc2C)sc1C. The highest BCUT2D eigenvalue weighted by atomic mass is 32.1. The largest absolute Gasteiger partial charge is 0.461 e. The Bertz CT molecular complexity index is 610. The van der Waals surface area contributed by atoms with Gasteiger partial charge in [-0.1, -0.05) is 6.07 Å². The van der Waals surface area contributed by atoms with E-state index in [0.717, 1.165) is 16.1 Å². The molecule has 6 heteroatoms. The van der Waals surface area contributed by atoms with Gasteiger partial charge in [-0.05, 0) is 32.4 Å². The minimum absolute atomic E-state index is 0.353. The molecule has 2 aromatic rings. The van der Waals surface area contributed by atoms with Crippen LogP contribution in [0, 0.1) is 13.8 Å². The van der Waals surface area contributed by atoms with Gasteiger partial charge in [0.05, 0.1) is 18.8 Å². The number of aromatic nitrogens is 2. The zero-order chi connectivity index (χ0) is 14.5. The van der Waals surface area contributed by atoms with E-state index in [2.05, 4.69) is 15.3 Å². The number of carbonyl (C=O) groups excluding carboxylic acids is 1. The lowest BCUT2D eigenvalue weighted by atomic mass is 10.2. The summed E-state index contributed by atoms with van der Waals surface area (Å²) in [7, 11) is 0. The lowest BCUT2D eigenvalue weighted by Gasteiger charge is -2.04. The number of carbonyl (C=O) groups is 1. The first kappa shape index (κ1) is 14.5. The smallest absolute Gasteiger partial charge is 0.358 e. The molecule has 0 saturated carbocycles. The van der Waals surface area contributed by atoms with Crippen molar-refractivity contribution in [3.63, 3.8) is 0 Å². The van der Waals surface area contributed by atoms with Crippen molar-refractivity contribution in [2.24, 2.45) is 0 Å². The number of aryl methyl sites for hydroxylation is 2. The van der Waals surface area contributed by atoms with Crippen LogP contribution in [0.3, 0.4) is 0 Å². The van der Waals surface area contributed by atoms with E-state index >= 15 is 0 Å². The molecular formula is C14H17N3O2S. The van der Waals surface area contributed by atoms with Gasteiger partial charge in [-0.2, -0.15) is 0 Å². The number of nitrogens with zero attached hydrogens (tertiary/aromatic N) is 2. The van der Waals surface area contributed by atoms with Crippen LogP contribution in [0.2, 0.25) is 0 Å². The van der Waals surface area contributed by atoms with Gasteiger partial charge in [-0.25, -0.2) is 9.78 Å². The number of ether oxygens (including phenoxy) is 1. The molecule has 0 aliphatic heterocycles. The van der Waals surface area contributed by atoms with Gasteiger partial charge in [0.2, 0.25) is 0 Å². The number of thiazole rings is 1. The third-order valence-corrected chi connectivity index (χ3v) is 3.72. The van der Waals surface area contributed by atoms with E-state index in [-0.39, 0.29) is 5.97 Å². The molecule has 0 aromatic carbocycles. The van der Waals surface area contributed by atoms with Crippen LogP contribution >= 0.6 is 11.3 Å². The van der Waals surface area contributed by atoms with Crippen LogP contribution < -0.4 is 5.32 Å². The molecule has 2 heterocycles. The Labute approximate surface area is 122 Å². The van der Waals surface area contributed by atoms with Crippen molar-refractivity contribution >= 4 is 22.4 Å². The fraction of sp³-hybridized carbons (Fsp3) is 0.357. The Balaban J connectivity index is 2.06. The van der Waals surface area contributed by atoms with Gasteiger partial charge < -0.3 is 10.1 Å². The van der Waals surface area contributed by atoms with E-state index in [9.17, 15) is 4.79 Å². The van der Waals surface area contributed by atoms with Crippen LogP contribution in [0.5, 0.6) is 0 Å². The average molecular weight is 291 g/mol. The fourth-order valence-corrected chi connectivity index (χ4v) is 2.52. The summed E-state index contributed by atoms with van der Waals surface area (Å²) in [5.41, 5.74) is 2.48. The molecule has 0 fully saturated rings. The molecule has 1 N–H and O–H groups in total. The maximum Gasteiger partial charge on any atom is 0.358 e. The predicted octanol–water partition coefficient (Wildman–Crippen LogP) is 2.94. The third kappa shape index (κ3) is 3.33. The van der Waals surface area contributed by atoms with Crippen molar-refractivity contribution < 1.29 is 9.53 Å². The number of anilines is 1. The maximum absolute atomic E-state index is 11.7. The number of hydrogen-bond acceptors (Lipinski definition) is 6. The molecule has 2 aromatic heterocycles. The van der Waals surface area contributed by atoms with E-state index in [1.165, 1.54) is 11.3 Å². The zero-order valence-corrected chi connectivity index (χ0v) is 12.6. The van der Waals surface area contributed by atoms with Crippen molar-refractivity contribution in [1.29, 1.82) is 0 Å². The molecule has 0 spiro atoms. The topological polar surface area (TPSA) is 64.1 Å². The van der Waals surface area contributed by atoms with Crippen molar-refractivity contribution in [1.82, 2.24) is 9.97 Å². The summed E-state index contributed by atoms with van der Waals surface area (Å²) < 4.78 is 4.97. The number of pyridine rings is 1. The third-order valence-electron chi connectivity index (χ3n) is 2.79. The second kappa shape index (κ2) is 6.47. The summed E-state index contributed by atoms with van der Waals surface area (Å²) in [6.45, 7) is 6.60. The minimum atomic E-state index is -0.372. The first-order valence-electron chi connectivity index (χ1n) is 6.40. The van der Waals surface area contributed by atoms with E-state index in [1.807, 2.05) is 26.0 Å². The van der Waals surface area contributed by atoms with Crippen LogP contribution in [0.1, 0.15) is 33.5 Å². The molecule has 106 valence electrons. The summed E-state index contributed by atoms with van der Waals surface area (Å²) in [6.07, 6.45) is 1.77. The van der Waals surface area contributed by atoms with E-state index in [4.69, 9.17) is 4.74 Å². The predicted molar refractivity (Wildman–Crippen MR) is 79.1 cm³/mol. The molecule has 2 rings (SSSR count). The van der Waals surface area contributed by atoms with E-state index in [0.29, 0.717) is 24.0 Å². The Kier molecular flexibility index (Phi) is 4.68. The number of hydrogen-bond donors (Lipinski definition) is 1. The van der Waals surface area contributed by atoms with Crippen molar-refractivity contribution in [2.45, 2.75) is 27.3 Å². The van der Waals surface area contributed by atoms with Crippen molar-refractivity contribution in [3.8, 4) is 0 Å². The lowest BCUT2D eigenvalue weighted by molar-refractivity contribution is 0.0519. The standard InChI is InChI=1S/C14H17N3O2S/c1-4-19-13(18)12-10(3)20-14(17-12)16-8-11-9(2)6-5-7-15-11/h5-7H,4,8H2,1-3H3,(H,16,17). The molecule has 0 atom stereocenters. The Morgan fingerprint density at radius 3 is 2.95 bits per heavy atom. The highest BCUT2D eigenvalue weighted by Gasteiger charge is 2.16. The second-order valence-corrected chi connectivity index (χ2v) is 5.47. The quantitative estimate of drug-likeness (QED) is 0.858. The van der Waals surface area contributed by atoms with Gasteiger partial charge in [-0.3, -0.25) is 4.98 Å². The molecule has 0 aliphatic carbocycles. The van der Waals surface area contributed by atoms with Crippen molar-refractivity contribution in [2.75, 3.05) is 11.9 Å². The van der Waals surface area contributed by atoms with Crippen LogP contribution in [0.15, 0.2) is 18.3 Å². The summed E-state index contributed by atoms with van der Waals surface area (Å²) in [6, 6.07) is 3.92. The second-order valence-electron chi connectivity index (χ2n) is 4.26. The monoisotopic (exact) mass is 291 g/mol. The van der Waals surface area contributed by atoms with E-state index in [1.54, 1.807) is 13.1 Å². The molecular weight excluding hydrogens is 274 g/mol. The molecule has 0 amide bonds. The molecule has 0 radical (unpaired) electrons. The van der Waals surface area contributed by atoms with Crippen LogP contribution in [-0.4, -0.2) is 22.5 Å². The van der Waals surface area contributed by atoms with Gasteiger partial charge in [0.1, 0.15) is 0 Å². The first-order chi connectivity index (χ1) is 9.61. The zero-order valence-electron chi connectivity index (χ0n) is 11.8.